The van der Waals surface area contributed by atoms with Crippen molar-refractivity contribution < 1.29 is 17.9 Å². The molecule has 0 atom stereocenters. The molecule has 0 aliphatic heterocycles. The first-order chi connectivity index (χ1) is 13.5. The highest BCUT2D eigenvalue weighted by Gasteiger charge is 2.28. The van der Waals surface area contributed by atoms with Gasteiger partial charge in [-0.3, -0.25) is 4.98 Å². The van der Waals surface area contributed by atoms with E-state index in [1.54, 1.807) is 41.9 Å². The van der Waals surface area contributed by atoms with Gasteiger partial charge in [-0.05, 0) is 41.6 Å². The van der Waals surface area contributed by atoms with Gasteiger partial charge in [-0.25, -0.2) is 8.42 Å². The summed E-state index contributed by atoms with van der Waals surface area (Å²) in [5.74, 6) is 0.743. The van der Waals surface area contributed by atoms with E-state index in [1.807, 2.05) is 23.6 Å². The minimum Gasteiger partial charge on any atom is -0.497 e. The third kappa shape index (κ3) is 4.70. The zero-order valence-electron chi connectivity index (χ0n) is 15.7. The third-order valence-electron chi connectivity index (χ3n) is 4.26. The van der Waals surface area contributed by atoms with Crippen LogP contribution in [0.1, 0.15) is 10.4 Å². The Morgan fingerprint density at radius 3 is 2.61 bits per heavy atom. The van der Waals surface area contributed by atoms with Crippen molar-refractivity contribution in [2.75, 3.05) is 20.8 Å². The van der Waals surface area contributed by atoms with Gasteiger partial charge in [0.25, 0.3) is 0 Å². The van der Waals surface area contributed by atoms with Gasteiger partial charge in [0.05, 0.1) is 14.2 Å². The lowest BCUT2D eigenvalue weighted by Crippen LogP contribution is -2.32. The van der Waals surface area contributed by atoms with E-state index in [-0.39, 0.29) is 17.2 Å². The number of methoxy groups -OCH3 is 2. The average Bonchev–Trinajstić information content (AvgIpc) is 3.24. The predicted molar refractivity (Wildman–Crippen MR) is 109 cm³/mol. The van der Waals surface area contributed by atoms with Gasteiger partial charge < -0.3 is 9.47 Å². The van der Waals surface area contributed by atoms with Crippen molar-refractivity contribution >= 4 is 21.4 Å². The lowest BCUT2D eigenvalue weighted by Gasteiger charge is -2.23. The van der Waals surface area contributed by atoms with Crippen LogP contribution in [0, 0.1) is 0 Å². The highest BCUT2D eigenvalue weighted by atomic mass is 32.2. The SMILES string of the molecule is COc1ccc(OC)c(S(=O)(=O)N(CCc2cccs2)Cc2cccnc2)c1. The summed E-state index contributed by atoms with van der Waals surface area (Å²) in [4.78, 5) is 5.32. The summed E-state index contributed by atoms with van der Waals surface area (Å²) in [6.07, 6.45) is 3.97. The van der Waals surface area contributed by atoms with Gasteiger partial charge in [0, 0.05) is 36.4 Å². The third-order valence-corrected chi connectivity index (χ3v) is 7.06. The lowest BCUT2D eigenvalue weighted by molar-refractivity contribution is 0.380. The van der Waals surface area contributed by atoms with E-state index in [2.05, 4.69) is 4.98 Å². The van der Waals surface area contributed by atoms with Crippen molar-refractivity contribution in [1.29, 1.82) is 0 Å². The molecule has 3 rings (SSSR count). The number of nitrogens with zero attached hydrogens (tertiary/aromatic N) is 2. The maximum atomic E-state index is 13.5. The number of ether oxygens (including phenoxy) is 2. The molecule has 148 valence electrons. The molecule has 2 heterocycles. The smallest absolute Gasteiger partial charge is 0.247 e. The van der Waals surface area contributed by atoms with Crippen LogP contribution >= 0.6 is 11.3 Å². The van der Waals surface area contributed by atoms with Crippen molar-refractivity contribution in [3.05, 3.63) is 70.7 Å². The van der Waals surface area contributed by atoms with Crippen LogP contribution in [0.25, 0.3) is 0 Å². The molecule has 0 saturated heterocycles. The van der Waals surface area contributed by atoms with E-state index >= 15 is 0 Å². The Hall–Kier alpha value is -2.42. The van der Waals surface area contributed by atoms with Gasteiger partial charge in [0.1, 0.15) is 16.4 Å². The van der Waals surface area contributed by atoms with Crippen molar-refractivity contribution in [2.24, 2.45) is 0 Å². The number of thiophene rings is 1. The Morgan fingerprint density at radius 2 is 1.96 bits per heavy atom. The summed E-state index contributed by atoms with van der Waals surface area (Å²) in [7, 11) is -0.864. The summed E-state index contributed by atoms with van der Waals surface area (Å²) in [6, 6.07) is 12.4. The Labute approximate surface area is 169 Å². The maximum Gasteiger partial charge on any atom is 0.247 e. The van der Waals surface area contributed by atoms with E-state index in [9.17, 15) is 8.42 Å². The number of aromatic nitrogens is 1. The molecule has 1 aromatic carbocycles. The molecule has 0 bridgehead atoms. The van der Waals surface area contributed by atoms with Crippen LogP contribution in [0.15, 0.2) is 65.1 Å². The summed E-state index contributed by atoms with van der Waals surface area (Å²) in [5, 5.41) is 1.99. The number of benzene rings is 1. The summed E-state index contributed by atoms with van der Waals surface area (Å²) >= 11 is 1.61. The molecule has 0 unspecified atom stereocenters. The highest BCUT2D eigenvalue weighted by Crippen LogP contribution is 2.31. The molecular weight excluding hydrogens is 396 g/mol. The molecule has 0 N–H and O–H groups in total. The fourth-order valence-corrected chi connectivity index (χ4v) is 5.09. The molecule has 2 aromatic heterocycles. The minimum atomic E-state index is -3.82. The van der Waals surface area contributed by atoms with Crippen molar-refractivity contribution in [3.8, 4) is 11.5 Å². The predicted octanol–water partition coefficient (Wildman–Crippen LogP) is 3.59. The number of hydrogen-bond donors (Lipinski definition) is 0. The first-order valence-corrected chi connectivity index (χ1v) is 11.0. The van der Waals surface area contributed by atoms with Crippen molar-refractivity contribution in [3.63, 3.8) is 0 Å². The Kier molecular flexibility index (Phi) is 6.66. The van der Waals surface area contributed by atoms with E-state index in [0.717, 1.165) is 10.4 Å². The number of pyridine rings is 1. The normalized spacial score (nSPS) is 11.5. The Morgan fingerprint density at radius 1 is 1.11 bits per heavy atom. The standard InChI is InChI=1S/C20H22N2O4S2/c1-25-17-7-8-19(26-2)20(13-17)28(23,24)22(11-9-18-6-4-12-27-18)15-16-5-3-10-21-14-16/h3-8,10,12-14H,9,11,15H2,1-2H3. The minimum absolute atomic E-state index is 0.0874. The Bertz CT molecular complexity index is 990. The van der Waals surface area contributed by atoms with Gasteiger partial charge in [-0.15, -0.1) is 11.3 Å². The van der Waals surface area contributed by atoms with Crippen LogP contribution in [0.3, 0.4) is 0 Å². The van der Waals surface area contributed by atoms with E-state index in [0.29, 0.717) is 18.7 Å². The zero-order chi connectivity index (χ0) is 20.0. The number of hydrogen-bond acceptors (Lipinski definition) is 6. The van der Waals surface area contributed by atoms with Gasteiger partial charge in [0.2, 0.25) is 10.0 Å². The van der Waals surface area contributed by atoms with Gasteiger partial charge in [-0.2, -0.15) is 4.31 Å². The highest BCUT2D eigenvalue weighted by molar-refractivity contribution is 7.89. The van der Waals surface area contributed by atoms with Crippen LogP contribution in [-0.4, -0.2) is 38.5 Å². The van der Waals surface area contributed by atoms with Crippen LogP contribution < -0.4 is 9.47 Å². The molecule has 0 spiro atoms. The quantitative estimate of drug-likeness (QED) is 0.531. The second kappa shape index (κ2) is 9.18. The zero-order valence-corrected chi connectivity index (χ0v) is 17.4. The molecule has 0 amide bonds. The molecule has 0 saturated carbocycles. The maximum absolute atomic E-state index is 13.5. The van der Waals surface area contributed by atoms with Crippen LogP contribution in [0.4, 0.5) is 0 Å². The molecule has 28 heavy (non-hydrogen) atoms. The van der Waals surface area contributed by atoms with Crippen molar-refractivity contribution in [2.45, 2.75) is 17.9 Å². The van der Waals surface area contributed by atoms with Crippen LogP contribution in [-0.2, 0) is 23.0 Å². The summed E-state index contributed by atoms with van der Waals surface area (Å²) < 4.78 is 39.0. The largest absolute Gasteiger partial charge is 0.497 e. The van der Waals surface area contributed by atoms with E-state index < -0.39 is 10.0 Å². The topological polar surface area (TPSA) is 68.7 Å². The Balaban J connectivity index is 1.97. The molecule has 0 fully saturated rings. The number of rotatable bonds is 9. The van der Waals surface area contributed by atoms with E-state index in [4.69, 9.17) is 9.47 Å². The summed E-state index contributed by atoms with van der Waals surface area (Å²) in [6.45, 7) is 0.569. The molecule has 6 nitrogen and oxygen atoms in total. The molecular formula is C20H22N2O4S2. The second-order valence-electron chi connectivity index (χ2n) is 6.05. The van der Waals surface area contributed by atoms with Gasteiger partial charge >= 0.3 is 0 Å². The monoisotopic (exact) mass is 418 g/mol. The molecule has 3 aromatic rings. The average molecular weight is 419 g/mol. The molecule has 8 heteroatoms. The van der Waals surface area contributed by atoms with E-state index in [1.165, 1.54) is 24.6 Å². The van der Waals surface area contributed by atoms with Crippen LogP contribution in [0.5, 0.6) is 11.5 Å². The first-order valence-electron chi connectivity index (χ1n) is 8.68. The van der Waals surface area contributed by atoms with Crippen molar-refractivity contribution in [1.82, 2.24) is 9.29 Å². The number of sulfonamides is 1. The first kappa shape index (κ1) is 20.3. The van der Waals surface area contributed by atoms with Gasteiger partial charge in [0.15, 0.2) is 0 Å². The summed E-state index contributed by atoms with van der Waals surface area (Å²) in [5.41, 5.74) is 0.819. The fourth-order valence-electron chi connectivity index (χ4n) is 2.79. The molecule has 0 aliphatic carbocycles. The fraction of sp³-hybridized carbons (Fsp3) is 0.250. The van der Waals surface area contributed by atoms with Gasteiger partial charge in [-0.1, -0.05) is 12.1 Å². The van der Waals surface area contributed by atoms with Crippen LogP contribution in [0.2, 0.25) is 0 Å². The molecule has 0 radical (unpaired) electrons. The second-order valence-corrected chi connectivity index (χ2v) is 8.98. The lowest BCUT2D eigenvalue weighted by atomic mass is 10.3. The molecule has 0 aliphatic rings.